The number of thiophene rings is 1. The van der Waals surface area contributed by atoms with E-state index in [0.29, 0.717) is 0 Å². The summed E-state index contributed by atoms with van der Waals surface area (Å²) in [6.45, 7) is 4.48. The Morgan fingerprint density at radius 1 is 1.50 bits per heavy atom. The highest BCUT2D eigenvalue weighted by molar-refractivity contribution is 7.19. The molecule has 2 unspecified atom stereocenters. The first-order chi connectivity index (χ1) is 9.47. The molecule has 0 bridgehead atoms. The predicted molar refractivity (Wildman–Crippen MR) is 81.7 cm³/mol. The molecule has 2 atom stereocenters. The molecule has 20 heavy (non-hydrogen) atoms. The molecule has 1 aromatic carbocycles. The molecule has 3 rings (SSSR count). The van der Waals surface area contributed by atoms with Crippen LogP contribution in [0.15, 0.2) is 30.3 Å². The lowest BCUT2D eigenvalue weighted by atomic mass is 10.1. The number of hydrogen-bond donors (Lipinski definition) is 2. The largest absolute Gasteiger partial charge is 0.386 e. The number of carbonyl (C=O) groups is 1. The van der Waals surface area contributed by atoms with Gasteiger partial charge in [0.1, 0.15) is 6.10 Å². The van der Waals surface area contributed by atoms with E-state index in [9.17, 15) is 9.90 Å². The second kappa shape index (κ2) is 4.86. The van der Waals surface area contributed by atoms with Crippen molar-refractivity contribution in [1.82, 2.24) is 5.32 Å². The Labute approximate surface area is 122 Å². The molecular weight excluding hydrogens is 270 g/mol. The molecule has 2 aromatic rings. The maximum Gasteiger partial charge on any atom is 0.223 e. The molecule has 0 radical (unpaired) electrons. The van der Waals surface area contributed by atoms with Gasteiger partial charge in [0.2, 0.25) is 5.91 Å². The Hall–Kier alpha value is -1.39. The van der Waals surface area contributed by atoms with E-state index in [1.165, 1.54) is 0 Å². The van der Waals surface area contributed by atoms with E-state index in [0.717, 1.165) is 21.4 Å². The molecule has 1 aliphatic carbocycles. The number of aliphatic hydroxyl groups is 1. The number of aliphatic hydroxyl groups excluding tert-OH is 1. The van der Waals surface area contributed by atoms with Crippen LogP contribution < -0.4 is 5.32 Å². The molecule has 1 amide bonds. The van der Waals surface area contributed by atoms with Gasteiger partial charge in [-0.3, -0.25) is 4.79 Å². The lowest BCUT2D eigenvalue weighted by molar-refractivity contribution is -0.123. The highest BCUT2D eigenvalue weighted by atomic mass is 32.1. The summed E-state index contributed by atoms with van der Waals surface area (Å²) >= 11 is 1.58. The summed E-state index contributed by atoms with van der Waals surface area (Å²) in [5, 5.41) is 14.2. The Kier molecular flexibility index (Phi) is 3.30. The van der Waals surface area contributed by atoms with Crippen molar-refractivity contribution >= 4 is 27.3 Å². The summed E-state index contributed by atoms with van der Waals surface area (Å²) in [5.74, 6) is 0.173. The molecule has 1 saturated carbocycles. The highest BCUT2D eigenvalue weighted by Gasteiger charge is 2.50. The third-order valence-electron chi connectivity index (χ3n) is 4.07. The van der Waals surface area contributed by atoms with Crippen LogP contribution in [-0.2, 0) is 4.79 Å². The van der Waals surface area contributed by atoms with Gasteiger partial charge in [-0.1, -0.05) is 32.0 Å². The second-order valence-corrected chi connectivity index (χ2v) is 7.31. The van der Waals surface area contributed by atoms with Crippen LogP contribution in [0.4, 0.5) is 0 Å². The van der Waals surface area contributed by atoms with Crippen LogP contribution in [0.1, 0.15) is 31.2 Å². The fourth-order valence-corrected chi connectivity index (χ4v) is 3.55. The molecule has 4 heteroatoms. The van der Waals surface area contributed by atoms with Gasteiger partial charge in [0.15, 0.2) is 0 Å². The topological polar surface area (TPSA) is 49.3 Å². The van der Waals surface area contributed by atoms with Gasteiger partial charge in [-0.25, -0.2) is 0 Å². The van der Waals surface area contributed by atoms with Crippen molar-refractivity contribution in [3.05, 3.63) is 35.2 Å². The molecule has 0 saturated heterocycles. The molecule has 3 nitrogen and oxygen atoms in total. The van der Waals surface area contributed by atoms with E-state index < -0.39 is 6.10 Å². The molecule has 1 aromatic heterocycles. The predicted octanol–water partition coefficient (Wildman–Crippen LogP) is 3.10. The van der Waals surface area contributed by atoms with Crippen molar-refractivity contribution in [2.45, 2.75) is 26.4 Å². The molecule has 1 aliphatic rings. The van der Waals surface area contributed by atoms with E-state index in [1.54, 1.807) is 11.3 Å². The van der Waals surface area contributed by atoms with Crippen molar-refractivity contribution in [2.75, 3.05) is 6.54 Å². The summed E-state index contributed by atoms with van der Waals surface area (Å²) in [4.78, 5) is 12.8. The van der Waals surface area contributed by atoms with Gasteiger partial charge >= 0.3 is 0 Å². The Bertz CT molecular complexity index is 614. The van der Waals surface area contributed by atoms with Crippen molar-refractivity contribution in [2.24, 2.45) is 11.3 Å². The fourth-order valence-electron chi connectivity index (χ4n) is 2.50. The van der Waals surface area contributed by atoms with Gasteiger partial charge in [-0.05, 0) is 29.4 Å². The number of amides is 1. The average Bonchev–Trinajstić information content (AvgIpc) is 2.88. The number of benzene rings is 1. The maximum absolute atomic E-state index is 11.9. The molecule has 106 valence electrons. The minimum absolute atomic E-state index is 0.0650. The van der Waals surface area contributed by atoms with E-state index in [-0.39, 0.29) is 23.8 Å². The SMILES string of the molecule is CC1(C)CC1C(=O)NCC(O)c1cc2ccccc2s1. The van der Waals surface area contributed by atoms with Gasteiger partial charge in [0.05, 0.1) is 0 Å². The zero-order valence-corrected chi connectivity index (χ0v) is 12.5. The van der Waals surface area contributed by atoms with Crippen LogP contribution in [-0.4, -0.2) is 17.6 Å². The minimum Gasteiger partial charge on any atom is -0.386 e. The third kappa shape index (κ3) is 2.58. The summed E-state index contributed by atoms with van der Waals surface area (Å²) in [6.07, 6.45) is 0.316. The first-order valence-corrected chi connectivity index (χ1v) is 7.73. The van der Waals surface area contributed by atoms with Crippen LogP contribution >= 0.6 is 11.3 Å². The lowest BCUT2D eigenvalue weighted by Crippen LogP contribution is -2.30. The highest BCUT2D eigenvalue weighted by Crippen LogP contribution is 2.51. The van der Waals surface area contributed by atoms with Gasteiger partial charge in [0, 0.05) is 22.0 Å². The molecule has 2 N–H and O–H groups in total. The Morgan fingerprint density at radius 2 is 2.20 bits per heavy atom. The van der Waals surface area contributed by atoms with Crippen molar-refractivity contribution < 1.29 is 9.90 Å². The van der Waals surface area contributed by atoms with Gasteiger partial charge in [0.25, 0.3) is 0 Å². The van der Waals surface area contributed by atoms with Crippen LogP contribution in [0, 0.1) is 11.3 Å². The van der Waals surface area contributed by atoms with Crippen molar-refractivity contribution in [3.63, 3.8) is 0 Å². The van der Waals surface area contributed by atoms with Crippen LogP contribution in [0.5, 0.6) is 0 Å². The molecule has 1 fully saturated rings. The first kappa shape index (κ1) is 13.6. The number of carbonyl (C=O) groups excluding carboxylic acids is 1. The van der Waals surface area contributed by atoms with E-state index in [1.807, 2.05) is 30.3 Å². The molecule has 0 aliphatic heterocycles. The number of rotatable bonds is 4. The normalized spacial score (nSPS) is 21.6. The number of nitrogens with one attached hydrogen (secondary N) is 1. The first-order valence-electron chi connectivity index (χ1n) is 6.91. The Morgan fingerprint density at radius 3 is 2.85 bits per heavy atom. The van der Waals surface area contributed by atoms with E-state index >= 15 is 0 Å². The minimum atomic E-state index is -0.627. The summed E-state index contributed by atoms with van der Waals surface area (Å²) < 4.78 is 1.16. The summed E-state index contributed by atoms with van der Waals surface area (Å²) in [5.41, 5.74) is 0.132. The fraction of sp³-hybridized carbons (Fsp3) is 0.438. The number of fused-ring (bicyclic) bond motifs is 1. The van der Waals surface area contributed by atoms with Crippen molar-refractivity contribution in [3.8, 4) is 0 Å². The Balaban J connectivity index is 1.61. The quantitative estimate of drug-likeness (QED) is 0.908. The van der Waals surface area contributed by atoms with Gasteiger partial charge in [-0.15, -0.1) is 11.3 Å². The summed E-state index contributed by atoms with van der Waals surface area (Å²) in [6, 6.07) is 10.1. The summed E-state index contributed by atoms with van der Waals surface area (Å²) in [7, 11) is 0. The maximum atomic E-state index is 11.9. The molecular formula is C16H19NO2S. The zero-order chi connectivity index (χ0) is 14.3. The van der Waals surface area contributed by atoms with E-state index in [4.69, 9.17) is 0 Å². The van der Waals surface area contributed by atoms with Crippen LogP contribution in [0.25, 0.3) is 10.1 Å². The van der Waals surface area contributed by atoms with Crippen LogP contribution in [0.3, 0.4) is 0 Å². The van der Waals surface area contributed by atoms with Crippen LogP contribution in [0.2, 0.25) is 0 Å². The number of hydrogen-bond acceptors (Lipinski definition) is 3. The average molecular weight is 289 g/mol. The lowest BCUT2D eigenvalue weighted by Gasteiger charge is -2.10. The van der Waals surface area contributed by atoms with Gasteiger partial charge < -0.3 is 10.4 Å². The molecule has 0 spiro atoms. The van der Waals surface area contributed by atoms with Crippen molar-refractivity contribution in [1.29, 1.82) is 0 Å². The van der Waals surface area contributed by atoms with Gasteiger partial charge in [-0.2, -0.15) is 0 Å². The zero-order valence-electron chi connectivity index (χ0n) is 11.7. The smallest absolute Gasteiger partial charge is 0.223 e. The van der Waals surface area contributed by atoms with E-state index in [2.05, 4.69) is 19.2 Å². The molecule has 1 heterocycles. The standard InChI is InChI=1S/C16H19NO2S/c1-16(2)8-11(16)15(19)17-9-12(18)14-7-10-5-3-4-6-13(10)20-14/h3-7,11-12,18H,8-9H2,1-2H3,(H,17,19). The third-order valence-corrected chi connectivity index (χ3v) is 5.29. The second-order valence-electron chi connectivity index (χ2n) is 6.19. The monoisotopic (exact) mass is 289 g/mol.